The predicted molar refractivity (Wildman–Crippen MR) is 54.8 cm³/mol. The van der Waals surface area contributed by atoms with Gasteiger partial charge >= 0.3 is 5.97 Å². The van der Waals surface area contributed by atoms with Crippen molar-refractivity contribution in [3.8, 4) is 0 Å². The third-order valence-corrected chi connectivity index (χ3v) is 2.09. The molecule has 0 spiro atoms. The van der Waals surface area contributed by atoms with Crippen molar-refractivity contribution in [2.24, 2.45) is 5.73 Å². The number of nitrogen functional groups attached to an aromatic ring is 1. The summed E-state index contributed by atoms with van der Waals surface area (Å²) in [5.41, 5.74) is 13.7. The maximum absolute atomic E-state index is 10.5. The molecule has 1 unspecified atom stereocenters. The zero-order valence-electron chi connectivity index (χ0n) is 8.03. The zero-order valence-corrected chi connectivity index (χ0v) is 8.03. The molecule has 0 bridgehead atoms. The summed E-state index contributed by atoms with van der Waals surface area (Å²) in [5, 5.41) is 8.59. The van der Waals surface area contributed by atoms with Crippen LogP contribution in [0, 0.1) is 6.92 Å². The van der Waals surface area contributed by atoms with Crippen molar-refractivity contribution >= 4 is 11.7 Å². The molecule has 1 rings (SSSR count). The van der Waals surface area contributed by atoms with Gasteiger partial charge < -0.3 is 16.6 Å². The molecule has 0 aromatic heterocycles. The maximum Gasteiger partial charge on any atom is 0.305 e. The van der Waals surface area contributed by atoms with Gasteiger partial charge in [0.05, 0.1) is 6.42 Å². The van der Waals surface area contributed by atoms with Gasteiger partial charge in [0, 0.05) is 11.7 Å². The fourth-order valence-corrected chi connectivity index (χ4v) is 1.41. The highest BCUT2D eigenvalue weighted by atomic mass is 16.4. The Morgan fingerprint density at radius 2 is 2.21 bits per heavy atom. The number of carbonyl (C=O) groups is 1. The molecule has 5 N–H and O–H groups in total. The second-order valence-electron chi connectivity index (χ2n) is 3.32. The number of aryl methyl sites for hydroxylation is 1. The van der Waals surface area contributed by atoms with Crippen molar-refractivity contribution in [2.45, 2.75) is 19.4 Å². The molecule has 0 heterocycles. The molecule has 0 saturated carbocycles. The van der Waals surface area contributed by atoms with Crippen molar-refractivity contribution in [2.75, 3.05) is 5.73 Å². The third kappa shape index (κ3) is 2.47. The lowest BCUT2D eigenvalue weighted by Gasteiger charge is -2.12. The van der Waals surface area contributed by atoms with Crippen LogP contribution in [0.25, 0.3) is 0 Å². The third-order valence-electron chi connectivity index (χ3n) is 2.09. The number of hydrogen-bond donors (Lipinski definition) is 3. The van der Waals surface area contributed by atoms with Crippen molar-refractivity contribution in [3.63, 3.8) is 0 Å². The van der Waals surface area contributed by atoms with E-state index in [9.17, 15) is 4.79 Å². The molecular formula is C10H14N2O2. The number of rotatable bonds is 3. The van der Waals surface area contributed by atoms with E-state index in [-0.39, 0.29) is 6.42 Å². The highest BCUT2D eigenvalue weighted by Crippen LogP contribution is 2.20. The van der Waals surface area contributed by atoms with Gasteiger partial charge in [0.25, 0.3) is 0 Å². The van der Waals surface area contributed by atoms with E-state index in [1.807, 2.05) is 6.92 Å². The molecular weight excluding hydrogens is 180 g/mol. The van der Waals surface area contributed by atoms with Crippen LogP contribution in [0.4, 0.5) is 5.69 Å². The van der Waals surface area contributed by atoms with Crippen LogP contribution in [0.5, 0.6) is 0 Å². The Bertz CT molecular complexity index is 350. The van der Waals surface area contributed by atoms with Crippen LogP contribution in [-0.4, -0.2) is 11.1 Å². The Morgan fingerprint density at radius 3 is 2.71 bits per heavy atom. The standard InChI is InChI=1S/C10H14N2O2/c1-6-4-7(11)2-3-8(6)9(12)5-10(13)14/h2-4,9H,5,11-12H2,1H3,(H,13,14). The fourth-order valence-electron chi connectivity index (χ4n) is 1.41. The molecule has 0 fully saturated rings. The van der Waals surface area contributed by atoms with E-state index in [2.05, 4.69) is 0 Å². The summed E-state index contributed by atoms with van der Waals surface area (Å²) in [5.74, 6) is -0.895. The van der Waals surface area contributed by atoms with Crippen LogP contribution in [0.15, 0.2) is 18.2 Å². The molecule has 0 aliphatic heterocycles. The van der Waals surface area contributed by atoms with Gasteiger partial charge in [0.1, 0.15) is 0 Å². The first kappa shape index (κ1) is 10.5. The van der Waals surface area contributed by atoms with E-state index in [4.69, 9.17) is 16.6 Å². The molecule has 0 radical (unpaired) electrons. The highest BCUT2D eigenvalue weighted by Gasteiger charge is 2.12. The number of aliphatic carboxylic acids is 1. The van der Waals surface area contributed by atoms with E-state index in [1.165, 1.54) is 0 Å². The first-order chi connectivity index (χ1) is 6.50. The molecule has 0 saturated heterocycles. The Kier molecular flexibility index (Phi) is 3.09. The number of carboxylic acid groups (broad SMARTS) is 1. The van der Waals surface area contributed by atoms with E-state index in [0.717, 1.165) is 11.1 Å². The van der Waals surface area contributed by atoms with Crippen molar-refractivity contribution < 1.29 is 9.90 Å². The molecule has 1 aromatic carbocycles. The average Bonchev–Trinajstić information content (AvgIpc) is 2.01. The first-order valence-electron chi connectivity index (χ1n) is 4.34. The molecule has 0 aliphatic carbocycles. The average molecular weight is 194 g/mol. The van der Waals surface area contributed by atoms with Crippen molar-refractivity contribution in [1.29, 1.82) is 0 Å². The van der Waals surface area contributed by atoms with Crippen LogP contribution < -0.4 is 11.5 Å². The minimum Gasteiger partial charge on any atom is -0.481 e. The van der Waals surface area contributed by atoms with Gasteiger partial charge in [-0.15, -0.1) is 0 Å². The van der Waals surface area contributed by atoms with Crippen LogP contribution in [0.2, 0.25) is 0 Å². The quantitative estimate of drug-likeness (QED) is 0.627. The first-order valence-corrected chi connectivity index (χ1v) is 4.34. The zero-order chi connectivity index (χ0) is 10.7. The largest absolute Gasteiger partial charge is 0.481 e. The van der Waals surface area contributed by atoms with Crippen LogP contribution in [-0.2, 0) is 4.79 Å². The smallest absolute Gasteiger partial charge is 0.305 e. The topological polar surface area (TPSA) is 89.3 Å². The number of nitrogens with two attached hydrogens (primary N) is 2. The summed E-state index contributed by atoms with van der Waals surface area (Å²) < 4.78 is 0. The fraction of sp³-hybridized carbons (Fsp3) is 0.300. The molecule has 0 aliphatic rings. The van der Waals surface area contributed by atoms with E-state index >= 15 is 0 Å². The number of hydrogen-bond acceptors (Lipinski definition) is 3. The SMILES string of the molecule is Cc1cc(N)ccc1C(N)CC(=O)O. The maximum atomic E-state index is 10.5. The van der Waals surface area contributed by atoms with Gasteiger partial charge in [0.15, 0.2) is 0 Å². The molecule has 14 heavy (non-hydrogen) atoms. The number of benzene rings is 1. The minimum absolute atomic E-state index is 0.0647. The van der Waals surface area contributed by atoms with E-state index < -0.39 is 12.0 Å². The summed E-state index contributed by atoms with van der Waals surface area (Å²) in [7, 11) is 0. The predicted octanol–water partition coefficient (Wildman–Crippen LogP) is 1.05. The van der Waals surface area contributed by atoms with Gasteiger partial charge in [-0.3, -0.25) is 4.79 Å². The van der Waals surface area contributed by atoms with Crippen molar-refractivity contribution in [1.82, 2.24) is 0 Å². The lowest BCUT2D eigenvalue weighted by Crippen LogP contribution is -2.16. The Hall–Kier alpha value is -1.55. The van der Waals surface area contributed by atoms with Gasteiger partial charge in [-0.05, 0) is 30.2 Å². The highest BCUT2D eigenvalue weighted by molar-refractivity contribution is 5.68. The Morgan fingerprint density at radius 1 is 1.57 bits per heavy atom. The van der Waals surface area contributed by atoms with E-state index in [0.29, 0.717) is 5.69 Å². The normalized spacial score (nSPS) is 12.4. The van der Waals surface area contributed by atoms with Crippen LogP contribution >= 0.6 is 0 Å². The second-order valence-corrected chi connectivity index (χ2v) is 3.32. The summed E-state index contributed by atoms with van der Waals surface area (Å²) in [6.45, 7) is 1.87. The molecule has 1 atom stereocenters. The van der Waals surface area contributed by atoms with Crippen molar-refractivity contribution in [3.05, 3.63) is 29.3 Å². The van der Waals surface area contributed by atoms with Gasteiger partial charge in [-0.2, -0.15) is 0 Å². The summed E-state index contributed by atoms with van der Waals surface area (Å²) in [6.07, 6.45) is -0.0647. The van der Waals surface area contributed by atoms with Gasteiger partial charge in [-0.25, -0.2) is 0 Å². The minimum atomic E-state index is -0.895. The molecule has 4 nitrogen and oxygen atoms in total. The van der Waals surface area contributed by atoms with Gasteiger partial charge in [-0.1, -0.05) is 6.07 Å². The lowest BCUT2D eigenvalue weighted by atomic mass is 9.99. The monoisotopic (exact) mass is 194 g/mol. The molecule has 1 aromatic rings. The number of anilines is 1. The molecule has 76 valence electrons. The molecule has 4 heteroatoms. The molecule has 0 amide bonds. The summed E-state index contributed by atoms with van der Waals surface area (Å²) >= 11 is 0. The van der Waals surface area contributed by atoms with Crippen LogP contribution in [0.1, 0.15) is 23.6 Å². The van der Waals surface area contributed by atoms with E-state index in [1.54, 1.807) is 18.2 Å². The lowest BCUT2D eigenvalue weighted by molar-refractivity contribution is -0.137. The summed E-state index contributed by atoms with van der Waals surface area (Å²) in [6, 6.07) is 4.83. The second kappa shape index (κ2) is 4.11. The Labute approximate surface area is 82.5 Å². The van der Waals surface area contributed by atoms with Gasteiger partial charge in [0.2, 0.25) is 0 Å². The van der Waals surface area contributed by atoms with Crippen LogP contribution in [0.3, 0.4) is 0 Å². The summed E-state index contributed by atoms with van der Waals surface area (Å²) in [4.78, 5) is 10.5. The Balaban J connectivity index is 2.90. The number of carboxylic acids is 1.